The lowest BCUT2D eigenvalue weighted by Crippen LogP contribution is -2.41. The fourth-order valence-corrected chi connectivity index (χ4v) is 4.27. The Labute approximate surface area is 236 Å². The highest BCUT2D eigenvalue weighted by Gasteiger charge is 2.23. The number of nitrogens with zero attached hydrogens (tertiary/aromatic N) is 4. The number of carbonyl (C=O) groups excluding carboxylic acids is 3. The Bertz CT molecular complexity index is 1560. The molecule has 4 aromatic rings. The predicted molar refractivity (Wildman–Crippen MR) is 153 cm³/mol. The summed E-state index contributed by atoms with van der Waals surface area (Å²) in [7, 11) is 1.59. The van der Waals surface area contributed by atoms with E-state index in [4.69, 9.17) is 14.6 Å². The van der Waals surface area contributed by atoms with Gasteiger partial charge in [-0.2, -0.15) is 10.2 Å². The zero-order valence-corrected chi connectivity index (χ0v) is 22.3. The number of hydrogen-bond donors (Lipinski definition) is 2. The van der Waals surface area contributed by atoms with Crippen LogP contribution in [0.2, 0.25) is 0 Å². The van der Waals surface area contributed by atoms with Gasteiger partial charge in [-0.3, -0.25) is 14.4 Å². The Kier molecular flexibility index (Phi) is 8.46. The van der Waals surface area contributed by atoms with Crippen LogP contribution in [0.15, 0.2) is 90.2 Å². The molecule has 1 aliphatic heterocycles. The molecule has 0 unspecified atom stereocenters. The van der Waals surface area contributed by atoms with Crippen LogP contribution in [0.1, 0.15) is 15.9 Å². The van der Waals surface area contributed by atoms with Crippen LogP contribution in [-0.2, 0) is 14.3 Å². The van der Waals surface area contributed by atoms with Crippen molar-refractivity contribution < 1.29 is 23.9 Å². The maximum absolute atomic E-state index is 13.0. The number of hydrogen-bond acceptors (Lipinski definition) is 7. The first-order chi connectivity index (χ1) is 20.0. The normalized spacial score (nSPS) is 13.1. The van der Waals surface area contributed by atoms with Crippen molar-refractivity contribution in [2.75, 3.05) is 38.7 Å². The van der Waals surface area contributed by atoms with Crippen LogP contribution in [0.4, 0.5) is 5.69 Å². The summed E-state index contributed by atoms with van der Waals surface area (Å²) in [5.41, 5.74) is 5.67. The van der Waals surface area contributed by atoms with Crippen molar-refractivity contribution in [2.24, 2.45) is 5.10 Å². The number of benzene rings is 3. The summed E-state index contributed by atoms with van der Waals surface area (Å²) in [6.45, 7) is 1.81. The van der Waals surface area contributed by atoms with Crippen molar-refractivity contribution >= 4 is 29.6 Å². The van der Waals surface area contributed by atoms with E-state index >= 15 is 0 Å². The van der Waals surface area contributed by atoms with Gasteiger partial charge >= 0.3 is 11.8 Å². The molecular formula is C30H28N6O5. The van der Waals surface area contributed by atoms with E-state index in [1.807, 2.05) is 54.6 Å². The number of para-hydroxylation sites is 2. The third-order valence-electron chi connectivity index (χ3n) is 6.41. The van der Waals surface area contributed by atoms with Crippen LogP contribution in [0.25, 0.3) is 16.9 Å². The van der Waals surface area contributed by atoms with Gasteiger partial charge in [-0.1, -0.05) is 30.3 Å². The number of ether oxygens (including phenoxy) is 2. The summed E-state index contributed by atoms with van der Waals surface area (Å²) in [4.78, 5) is 39.9. The molecule has 0 atom stereocenters. The Balaban J connectivity index is 1.30. The van der Waals surface area contributed by atoms with Gasteiger partial charge in [0.25, 0.3) is 5.91 Å². The van der Waals surface area contributed by atoms with Crippen molar-refractivity contribution in [3.8, 4) is 22.7 Å². The smallest absolute Gasteiger partial charge is 0.329 e. The quantitative estimate of drug-likeness (QED) is 0.206. The molecule has 2 N–H and O–H groups in total. The Morgan fingerprint density at radius 3 is 2.37 bits per heavy atom. The molecule has 11 nitrogen and oxygen atoms in total. The van der Waals surface area contributed by atoms with E-state index in [1.165, 1.54) is 6.21 Å². The molecule has 0 radical (unpaired) electrons. The Morgan fingerprint density at radius 1 is 0.927 bits per heavy atom. The van der Waals surface area contributed by atoms with Crippen LogP contribution in [0.5, 0.6) is 5.75 Å². The molecular weight excluding hydrogens is 524 g/mol. The number of nitrogens with one attached hydrogen (secondary N) is 2. The van der Waals surface area contributed by atoms with E-state index in [9.17, 15) is 14.4 Å². The van der Waals surface area contributed by atoms with Gasteiger partial charge in [-0.05, 0) is 48.5 Å². The molecule has 0 aliphatic carbocycles. The number of morpholine rings is 1. The highest BCUT2D eigenvalue weighted by molar-refractivity contribution is 6.40. The zero-order valence-electron chi connectivity index (χ0n) is 22.3. The van der Waals surface area contributed by atoms with Gasteiger partial charge in [0.1, 0.15) is 11.4 Å². The van der Waals surface area contributed by atoms with Crippen molar-refractivity contribution in [3.63, 3.8) is 0 Å². The van der Waals surface area contributed by atoms with Crippen molar-refractivity contribution in [2.45, 2.75) is 0 Å². The molecule has 2 heterocycles. The SMILES string of the molecule is COc1ccc(-c2nn(-c3ccccc3)cc2/C=N\NC(=O)C(=O)Nc2ccccc2C(=O)N2CCOCC2)cc1. The minimum atomic E-state index is -0.990. The molecule has 5 rings (SSSR count). The lowest BCUT2D eigenvalue weighted by Gasteiger charge is -2.27. The Hall–Kier alpha value is -5.29. The minimum Gasteiger partial charge on any atom is -0.497 e. The first-order valence-electron chi connectivity index (χ1n) is 12.9. The van der Waals surface area contributed by atoms with Crippen LogP contribution < -0.4 is 15.5 Å². The van der Waals surface area contributed by atoms with Crippen molar-refractivity contribution in [1.82, 2.24) is 20.1 Å². The van der Waals surface area contributed by atoms with Gasteiger partial charge < -0.3 is 19.7 Å². The second kappa shape index (κ2) is 12.7. The van der Waals surface area contributed by atoms with E-state index in [2.05, 4.69) is 15.8 Å². The highest BCUT2D eigenvalue weighted by atomic mass is 16.5. The molecule has 0 bridgehead atoms. The number of rotatable bonds is 7. The maximum atomic E-state index is 13.0. The molecule has 0 saturated carbocycles. The molecule has 1 aliphatic rings. The third-order valence-corrected chi connectivity index (χ3v) is 6.41. The standard InChI is InChI=1S/C30H28N6O5/c1-40-24-13-11-21(12-14-24)27-22(20-36(34-27)23-7-3-2-4-8-23)19-31-33-29(38)28(37)32-26-10-6-5-9-25(26)30(39)35-15-17-41-18-16-35/h2-14,19-20H,15-18H2,1H3,(H,32,37)(H,33,38)/b31-19-. The van der Waals surface area contributed by atoms with Gasteiger partial charge in [0.15, 0.2) is 0 Å². The predicted octanol–water partition coefficient (Wildman–Crippen LogP) is 3.11. The van der Waals surface area contributed by atoms with E-state index in [1.54, 1.807) is 47.2 Å². The molecule has 0 spiro atoms. The van der Waals surface area contributed by atoms with Crippen LogP contribution >= 0.6 is 0 Å². The topological polar surface area (TPSA) is 127 Å². The minimum absolute atomic E-state index is 0.235. The second-order valence-electron chi connectivity index (χ2n) is 9.05. The number of methoxy groups -OCH3 is 1. The van der Waals surface area contributed by atoms with Crippen molar-refractivity contribution in [1.29, 1.82) is 0 Å². The number of aromatic nitrogens is 2. The molecule has 41 heavy (non-hydrogen) atoms. The lowest BCUT2D eigenvalue weighted by molar-refractivity contribution is -0.136. The summed E-state index contributed by atoms with van der Waals surface area (Å²) < 4.78 is 12.3. The van der Waals surface area contributed by atoms with Gasteiger partial charge in [0.2, 0.25) is 0 Å². The Morgan fingerprint density at radius 2 is 1.63 bits per heavy atom. The number of amides is 3. The van der Waals surface area contributed by atoms with E-state index in [-0.39, 0.29) is 17.2 Å². The molecule has 1 saturated heterocycles. The average molecular weight is 553 g/mol. The molecule has 3 amide bonds. The van der Waals surface area contributed by atoms with E-state index in [0.717, 1.165) is 11.3 Å². The molecule has 208 valence electrons. The largest absolute Gasteiger partial charge is 0.497 e. The summed E-state index contributed by atoms with van der Waals surface area (Å²) in [5.74, 6) is -1.49. The molecule has 1 fully saturated rings. The van der Waals surface area contributed by atoms with E-state index < -0.39 is 11.8 Å². The fraction of sp³-hybridized carbons (Fsp3) is 0.167. The van der Waals surface area contributed by atoms with Crippen LogP contribution in [0, 0.1) is 0 Å². The molecule has 1 aromatic heterocycles. The summed E-state index contributed by atoms with van der Waals surface area (Å²) >= 11 is 0. The molecule has 11 heteroatoms. The summed E-state index contributed by atoms with van der Waals surface area (Å²) in [6.07, 6.45) is 3.20. The van der Waals surface area contributed by atoms with Crippen molar-refractivity contribution in [3.05, 3.63) is 96.2 Å². The van der Waals surface area contributed by atoms with E-state index in [0.29, 0.717) is 43.3 Å². The maximum Gasteiger partial charge on any atom is 0.329 e. The van der Waals surface area contributed by atoms with Crippen LogP contribution in [0.3, 0.4) is 0 Å². The number of hydrazone groups is 1. The second-order valence-corrected chi connectivity index (χ2v) is 9.05. The monoisotopic (exact) mass is 552 g/mol. The highest BCUT2D eigenvalue weighted by Crippen LogP contribution is 2.25. The first kappa shape index (κ1) is 27.3. The zero-order chi connectivity index (χ0) is 28.6. The number of anilines is 1. The third kappa shape index (κ3) is 6.48. The fourth-order valence-electron chi connectivity index (χ4n) is 4.27. The van der Waals surface area contributed by atoms with Crippen LogP contribution in [-0.4, -0.2) is 72.0 Å². The van der Waals surface area contributed by atoms with Gasteiger partial charge in [-0.15, -0.1) is 0 Å². The van der Waals surface area contributed by atoms with Gasteiger partial charge in [-0.25, -0.2) is 10.1 Å². The van der Waals surface area contributed by atoms with Gasteiger partial charge in [0, 0.05) is 30.4 Å². The summed E-state index contributed by atoms with van der Waals surface area (Å²) in [5, 5.41) is 11.2. The first-order valence-corrected chi connectivity index (χ1v) is 12.9. The van der Waals surface area contributed by atoms with Gasteiger partial charge in [0.05, 0.1) is 43.5 Å². The lowest BCUT2D eigenvalue weighted by atomic mass is 10.1. The average Bonchev–Trinajstić information content (AvgIpc) is 3.46. The summed E-state index contributed by atoms with van der Waals surface area (Å²) in [6, 6.07) is 23.5. The number of carbonyl (C=O) groups is 3. The molecule has 3 aromatic carbocycles.